The summed E-state index contributed by atoms with van der Waals surface area (Å²) in [5.41, 5.74) is 3.85. The molecule has 134 valence electrons. The molecule has 1 aromatic carbocycles. The number of aromatic nitrogens is 5. The maximum atomic E-state index is 12.1. The summed E-state index contributed by atoms with van der Waals surface area (Å²) in [6, 6.07) is 16.1. The van der Waals surface area contributed by atoms with Crippen molar-refractivity contribution in [1.82, 2.24) is 24.4 Å². The van der Waals surface area contributed by atoms with Crippen LogP contribution >= 0.6 is 0 Å². The number of hydrogen-bond donors (Lipinski definition) is 0. The molecule has 1 aliphatic carbocycles. The summed E-state index contributed by atoms with van der Waals surface area (Å²) in [5, 5.41) is 9.06. The summed E-state index contributed by atoms with van der Waals surface area (Å²) in [7, 11) is 0. The van der Waals surface area contributed by atoms with Gasteiger partial charge in [0, 0.05) is 17.7 Å². The van der Waals surface area contributed by atoms with Gasteiger partial charge in [-0.2, -0.15) is 10.2 Å². The van der Waals surface area contributed by atoms with Gasteiger partial charge in [0.2, 0.25) is 0 Å². The zero-order valence-corrected chi connectivity index (χ0v) is 14.8. The highest BCUT2D eigenvalue weighted by molar-refractivity contribution is 5.84. The smallest absolute Gasteiger partial charge is 0.159 e. The molecule has 0 atom stereocenters. The van der Waals surface area contributed by atoms with Crippen LogP contribution in [0.2, 0.25) is 0 Å². The van der Waals surface area contributed by atoms with Crippen molar-refractivity contribution in [2.75, 3.05) is 0 Å². The van der Waals surface area contributed by atoms with Crippen LogP contribution in [0.25, 0.3) is 16.9 Å². The average Bonchev–Trinajstić information content (AvgIpc) is 3.31. The third-order valence-corrected chi connectivity index (χ3v) is 4.89. The molecule has 3 heterocycles. The predicted octanol–water partition coefficient (Wildman–Crippen LogP) is 3.16. The first-order valence-electron chi connectivity index (χ1n) is 9.20. The Labute approximate surface area is 156 Å². The van der Waals surface area contributed by atoms with Gasteiger partial charge in [-0.05, 0) is 30.5 Å². The summed E-state index contributed by atoms with van der Waals surface area (Å²) < 4.78 is 3.72. The lowest BCUT2D eigenvalue weighted by Crippen LogP contribution is -2.06. The Morgan fingerprint density at radius 1 is 1.07 bits per heavy atom. The van der Waals surface area contributed by atoms with Crippen LogP contribution in [-0.2, 0) is 17.8 Å². The van der Waals surface area contributed by atoms with E-state index < -0.39 is 0 Å². The Bertz CT molecular complexity index is 1110. The van der Waals surface area contributed by atoms with E-state index in [9.17, 15) is 4.79 Å². The van der Waals surface area contributed by atoms with Crippen molar-refractivity contribution >= 4 is 11.4 Å². The van der Waals surface area contributed by atoms with Crippen LogP contribution in [-0.4, -0.2) is 30.2 Å². The highest BCUT2D eigenvalue weighted by atomic mass is 16.1. The van der Waals surface area contributed by atoms with Crippen LogP contribution in [0.5, 0.6) is 0 Å². The van der Waals surface area contributed by atoms with Crippen molar-refractivity contribution in [3.8, 4) is 11.3 Å². The van der Waals surface area contributed by atoms with E-state index >= 15 is 0 Å². The van der Waals surface area contributed by atoms with Gasteiger partial charge in [0.25, 0.3) is 0 Å². The molecule has 1 fully saturated rings. The quantitative estimate of drug-likeness (QED) is 0.532. The number of rotatable bonds is 6. The summed E-state index contributed by atoms with van der Waals surface area (Å²) in [6.07, 6.45) is 6.20. The molecule has 0 N–H and O–H groups in total. The second-order valence-corrected chi connectivity index (χ2v) is 7.04. The minimum atomic E-state index is 0.229. The molecule has 0 spiro atoms. The fourth-order valence-electron chi connectivity index (χ4n) is 3.30. The monoisotopic (exact) mass is 357 g/mol. The molecule has 0 radical (unpaired) electrons. The van der Waals surface area contributed by atoms with Crippen molar-refractivity contribution in [2.45, 2.75) is 25.8 Å². The van der Waals surface area contributed by atoms with Crippen LogP contribution in [0.1, 0.15) is 24.2 Å². The molecule has 3 aromatic heterocycles. The summed E-state index contributed by atoms with van der Waals surface area (Å²) in [4.78, 5) is 16.6. The molecule has 0 bridgehead atoms. The molecule has 27 heavy (non-hydrogen) atoms. The van der Waals surface area contributed by atoms with Crippen molar-refractivity contribution < 1.29 is 4.79 Å². The number of benzene rings is 1. The van der Waals surface area contributed by atoms with E-state index in [1.54, 1.807) is 4.52 Å². The lowest BCUT2D eigenvalue weighted by Gasteiger charge is -2.02. The minimum absolute atomic E-state index is 0.229. The molecular formula is C21H19N5O. The minimum Gasteiger partial charge on any atom is -0.299 e. The van der Waals surface area contributed by atoms with Crippen molar-refractivity contribution in [3.63, 3.8) is 0 Å². The molecule has 0 unspecified atom stereocenters. The fourth-order valence-corrected chi connectivity index (χ4v) is 3.30. The normalized spacial score (nSPS) is 13.9. The van der Waals surface area contributed by atoms with Crippen molar-refractivity contribution in [1.29, 1.82) is 0 Å². The molecule has 5 rings (SSSR count). The number of pyridine rings is 1. The molecular weight excluding hydrogens is 338 g/mol. The number of carbonyl (C=O) groups excluding carboxylic acids is 1. The second-order valence-electron chi connectivity index (χ2n) is 7.04. The Kier molecular flexibility index (Phi) is 3.81. The third-order valence-electron chi connectivity index (χ3n) is 4.89. The van der Waals surface area contributed by atoms with E-state index in [1.165, 1.54) is 5.56 Å². The summed E-state index contributed by atoms with van der Waals surface area (Å²) in [6.45, 7) is 0.718. The van der Waals surface area contributed by atoms with Crippen LogP contribution in [0.15, 0.2) is 60.9 Å². The Balaban J connectivity index is 1.44. The maximum Gasteiger partial charge on any atom is 0.159 e. The molecule has 6 nitrogen and oxygen atoms in total. The lowest BCUT2D eigenvalue weighted by atomic mass is 10.2. The fraction of sp³-hybridized carbons (Fsp3) is 0.238. The predicted molar refractivity (Wildman–Crippen MR) is 101 cm³/mol. The summed E-state index contributed by atoms with van der Waals surface area (Å²) in [5.74, 6) is 1.08. The first-order chi connectivity index (χ1) is 13.3. The number of hydrogen-bond acceptors (Lipinski definition) is 4. The van der Waals surface area contributed by atoms with Crippen LogP contribution in [0.3, 0.4) is 0 Å². The van der Waals surface area contributed by atoms with Gasteiger partial charge in [-0.15, -0.1) is 0 Å². The van der Waals surface area contributed by atoms with Crippen LogP contribution < -0.4 is 0 Å². The average molecular weight is 357 g/mol. The van der Waals surface area contributed by atoms with Gasteiger partial charge < -0.3 is 0 Å². The molecule has 4 aromatic rings. The SMILES string of the molecule is O=C(Cc1nc2cccc(-c3cnn(Cc4ccccc4)c3)n2n1)C1CC1. The first-order valence-corrected chi connectivity index (χ1v) is 9.20. The van der Waals surface area contributed by atoms with Gasteiger partial charge in [-0.1, -0.05) is 36.4 Å². The number of Topliss-reactive ketones (excluding diaryl/α,β-unsaturated/α-hetero) is 1. The maximum absolute atomic E-state index is 12.1. The first kappa shape index (κ1) is 15.9. The summed E-state index contributed by atoms with van der Waals surface area (Å²) >= 11 is 0. The van der Waals surface area contributed by atoms with E-state index in [0.717, 1.165) is 36.3 Å². The lowest BCUT2D eigenvalue weighted by molar-refractivity contribution is -0.119. The Morgan fingerprint density at radius 3 is 2.74 bits per heavy atom. The number of fused-ring (bicyclic) bond motifs is 1. The van der Waals surface area contributed by atoms with Gasteiger partial charge in [-0.3, -0.25) is 9.48 Å². The molecule has 0 saturated heterocycles. The van der Waals surface area contributed by atoms with Gasteiger partial charge >= 0.3 is 0 Å². The molecule has 0 aliphatic heterocycles. The number of carbonyl (C=O) groups is 1. The van der Waals surface area contributed by atoms with Gasteiger partial charge in [0.15, 0.2) is 11.5 Å². The van der Waals surface area contributed by atoms with Crippen LogP contribution in [0.4, 0.5) is 0 Å². The topological polar surface area (TPSA) is 65.1 Å². The van der Waals surface area contributed by atoms with Gasteiger partial charge in [0.05, 0.1) is 24.9 Å². The van der Waals surface area contributed by atoms with Crippen molar-refractivity contribution in [2.24, 2.45) is 5.92 Å². The zero-order valence-electron chi connectivity index (χ0n) is 14.8. The Hall–Kier alpha value is -3.28. The van der Waals surface area contributed by atoms with Crippen LogP contribution in [0, 0.1) is 5.92 Å². The second kappa shape index (κ2) is 6.46. The zero-order chi connectivity index (χ0) is 18.2. The van der Waals surface area contributed by atoms with E-state index in [1.807, 2.05) is 53.5 Å². The van der Waals surface area contributed by atoms with E-state index in [-0.39, 0.29) is 11.7 Å². The highest BCUT2D eigenvalue weighted by Gasteiger charge is 2.30. The number of ketones is 1. The van der Waals surface area contributed by atoms with E-state index in [0.29, 0.717) is 12.2 Å². The van der Waals surface area contributed by atoms with Gasteiger partial charge in [-0.25, -0.2) is 9.50 Å². The molecule has 1 aliphatic rings. The van der Waals surface area contributed by atoms with E-state index in [2.05, 4.69) is 27.3 Å². The largest absolute Gasteiger partial charge is 0.299 e. The molecule has 0 amide bonds. The molecule has 1 saturated carbocycles. The Morgan fingerprint density at radius 2 is 1.93 bits per heavy atom. The standard InChI is InChI=1S/C21H19N5O/c27-19(16-9-10-16)11-20-23-21-8-4-7-18(26(21)24-20)17-12-22-25(14-17)13-15-5-2-1-3-6-15/h1-8,12,14,16H,9-11,13H2. The number of nitrogens with zero attached hydrogens (tertiary/aromatic N) is 5. The highest BCUT2D eigenvalue weighted by Crippen LogP contribution is 2.30. The van der Waals surface area contributed by atoms with Gasteiger partial charge in [0.1, 0.15) is 5.78 Å². The van der Waals surface area contributed by atoms with Crippen molar-refractivity contribution in [3.05, 3.63) is 72.3 Å². The molecule has 6 heteroatoms. The van der Waals surface area contributed by atoms with E-state index in [4.69, 9.17) is 0 Å². The third kappa shape index (κ3) is 3.26.